The second-order valence-corrected chi connectivity index (χ2v) is 4.76. The minimum Gasteiger partial charge on any atom is -0.466 e. The number of carbonyl (C=O) groups excluding carboxylic acids is 1. The van der Waals surface area contributed by atoms with Gasteiger partial charge in [0.15, 0.2) is 0 Å². The van der Waals surface area contributed by atoms with E-state index in [-0.39, 0.29) is 0 Å². The molecule has 1 aliphatic carbocycles. The van der Waals surface area contributed by atoms with Crippen molar-refractivity contribution in [3.8, 4) is 0 Å². The molecule has 80 valence electrons. The molecule has 0 radical (unpaired) electrons. The van der Waals surface area contributed by atoms with Gasteiger partial charge in [-0.25, -0.2) is 4.79 Å². The standard InChI is InChI=1S/C10H15ClO3/c1-7-5-3-4-6-9(7)10(11,14-9)8(12)13-2/h7H,3-6H2,1-2H3. The van der Waals surface area contributed by atoms with Crippen molar-refractivity contribution in [3.05, 3.63) is 0 Å². The van der Waals surface area contributed by atoms with E-state index >= 15 is 0 Å². The van der Waals surface area contributed by atoms with Gasteiger partial charge < -0.3 is 9.47 Å². The molecule has 1 heterocycles. The average Bonchev–Trinajstić information content (AvgIpc) is 2.78. The fraction of sp³-hybridized carbons (Fsp3) is 0.900. The summed E-state index contributed by atoms with van der Waals surface area (Å²) in [4.78, 5) is 11.4. The predicted molar refractivity (Wildman–Crippen MR) is 52.0 cm³/mol. The Bertz CT molecular complexity index is 268. The normalized spacial score (nSPS) is 46.4. The first kappa shape index (κ1) is 10.2. The minimum atomic E-state index is -1.19. The lowest BCUT2D eigenvalue weighted by atomic mass is 9.78. The molecule has 0 bridgehead atoms. The number of halogens is 1. The van der Waals surface area contributed by atoms with Gasteiger partial charge in [-0.15, -0.1) is 0 Å². The van der Waals surface area contributed by atoms with Crippen LogP contribution in [0, 0.1) is 5.92 Å². The zero-order valence-corrected chi connectivity index (χ0v) is 9.26. The Kier molecular flexibility index (Phi) is 2.27. The van der Waals surface area contributed by atoms with Crippen molar-refractivity contribution in [2.24, 2.45) is 5.92 Å². The molecular formula is C10H15ClO3. The Morgan fingerprint density at radius 3 is 2.86 bits per heavy atom. The van der Waals surface area contributed by atoms with Crippen LogP contribution in [0.25, 0.3) is 0 Å². The molecule has 2 rings (SSSR count). The molecule has 3 nitrogen and oxygen atoms in total. The number of hydrogen-bond acceptors (Lipinski definition) is 3. The lowest BCUT2D eigenvalue weighted by molar-refractivity contribution is -0.143. The largest absolute Gasteiger partial charge is 0.466 e. The molecule has 1 spiro atoms. The molecule has 0 aromatic carbocycles. The summed E-state index contributed by atoms with van der Waals surface area (Å²) in [6, 6.07) is 0. The smallest absolute Gasteiger partial charge is 0.357 e. The first-order valence-corrected chi connectivity index (χ1v) is 5.42. The van der Waals surface area contributed by atoms with Gasteiger partial charge in [0.05, 0.1) is 7.11 Å². The summed E-state index contributed by atoms with van der Waals surface area (Å²) < 4.78 is 10.1. The Morgan fingerprint density at radius 2 is 2.29 bits per heavy atom. The second kappa shape index (κ2) is 3.11. The van der Waals surface area contributed by atoms with Crippen LogP contribution in [-0.2, 0) is 14.3 Å². The third-order valence-corrected chi connectivity index (χ3v) is 4.06. The number of hydrogen-bond donors (Lipinski definition) is 0. The van der Waals surface area contributed by atoms with Gasteiger partial charge >= 0.3 is 5.97 Å². The molecule has 0 amide bonds. The highest BCUT2D eigenvalue weighted by Gasteiger charge is 2.77. The van der Waals surface area contributed by atoms with E-state index in [1.54, 1.807) is 0 Å². The lowest BCUT2D eigenvalue weighted by Crippen LogP contribution is -2.37. The summed E-state index contributed by atoms with van der Waals surface area (Å²) in [6.45, 7) is 2.09. The number of esters is 1. The molecule has 1 saturated heterocycles. The van der Waals surface area contributed by atoms with Gasteiger partial charge in [-0.3, -0.25) is 0 Å². The lowest BCUT2D eigenvalue weighted by Gasteiger charge is -2.26. The molecule has 0 aromatic rings. The molecular weight excluding hydrogens is 204 g/mol. The van der Waals surface area contributed by atoms with Crippen molar-refractivity contribution in [2.45, 2.75) is 43.3 Å². The highest BCUT2D eigenvalue weighted by Crippen LogP contribution is 2.61. The van der Waals surface area contributed by atoms with Crippen LogP contribution in [0.15, 0.2) is 0 Å². The van der Waals surface area contributed by atoms with Gasteiger partial charge in [0.25, 0.3) is 5.06 Å². The quantitative estimate of drug-likeness (QED) is 0.384. The van der Waals surface area contributed by atoms with Gasteiger partial charge in [-0.1, -0.05) is 31.4 Å². The summed E-state index contributed by atoms with van der Waals surface area (Å²) in [5.41, 5.74) is -0.445. The second-order valence-electron chi connectivity index (χ2n) is 4.23. The number of ether oxygens (including phenoxy) is 2. The van der Waals surface area contributed by atoms with Crippen LogP contribution in [0.5, 0.6) is 0 Å². The van der Waals surface area contributed by atoms with Crippen molar-refractivity contribution in [1.29, 1.82) is 0 Å². The van der Waals surface area contributed by atoms with Gasteiger partial charge in [0.1, 0.15) is 5.60 Å². The monoisotopic (exact) mass is 218 g/mol. The van der Waals surface area contributed by atoms with Crippen LogP contribution >= 0.6 is 11.6 Å². The van der Waals surface area contributed by atoms with E-state index in [2.05, 4.69) is 11.7 Å². The molecule has 14 heavy (non-hydrogen) atoms. The number of alkyl halides is 1. The van der Waals surface area contributed by atoms with Crippen LogP contribution in [0.2, 0.25) is 0 Å². The maximum atomic E-state index is 11.4. The van der Waals surface area contributed by atoms with E-state index in [1.807, 2.05) is 0 Å². The summed E-state index contributed by atoms with van der Waals surface area (Å²) >= 11 is 6.13. The van der Waals surface area contributed by atoms with Crippen molar-refractivity contribution >= 4 is 17.6 Å². The Labute approximate surface area is 88.7 Å². The van der Waals surface area contributed by atoms with Gasteiger partial charge in [-0.05, 0) is 18.8 Å². The topological polar surface area (TPSA) is 38.8 Å². The number of methoxy groups -OCH3 is 1. The molecule has 1 aliphatic heterocycles. The Balaban J connectivity index is 2.17. The van der Waals surface area contributed by atoms with Crippen molar-refractivity contribution < 1.29 is 14.3 Å². The zero-order valence-electron chi connectivity index (χ0n) is 8.51. The van der Waals surface area contributed by atoms with Crippen LogP contribution in [0.1, 0.15) is 32.6 Å². The fourth-order valence-electron chi connectivity index (χ4n) is 2.52. The number of rotatable bonds is 1. The maximum absolute atomic E-state index is 11.4. The Morgan fingerprint density at radius 1 is 1.57 bits per heavy atom. The van der Waals surface area contributed by atoms with Crippen LogP contribution in [0.4, 0.5) is 0 Å². The molecule has 3 unspecified atom stereocenters. The van der Waals surface area contributed by atoms with Gasteiger partial charge in [0.2, 0.25) is 0 Å². The first-order chi connectivity index (χ1) is 6.57. The van der Waals surface area contributed by atoms with E-state index in [0.717, 1.165) is 19.3 Å². The molecule has 2 aliphatic rings. The maximum Gasteiger partial charge on any atom is 0.357 e. The van der Waals surface area contributed by atoms with Crippen molar-refractivity contribution in [2.75, 3.05) is 7.11 Å². The predicted octanol–water partition coefficient (Wildman–Crippen LogP) is 2.07. The average molecular weight is 219 g/mol. The molecule has 1 saturated carbocycles. The van der Waals surface area contributed by atoms with Crippen LogP contribution < -0.4 is 0 Å². The third-order valence-electron chi connectivity index (χ3n) is 3.50. The fourth-order valence-corrected chi connectivity index (χ4v) is 3.01. The van der Waals surface area contributed by atoms with E-state index in [0.29, 0.717) is 5.92 Å². The zero-order chi connectivity index (χ0) is 10.4. The summed E-state index contributed by atoms with van der Waals surface area (Å²) in [7, 11) is 1.34. The molecule has 0 N–H and O–H groups in total. The van der Waals surface area contributed by atoms with E-state index in [4.69, 9.17) is 16.3 Å². The van der Waals surface area contributed by atoms with Gasteiger partial charge in [0, 0.05) is 0 Å². The Hall–Kier alpha value is -0.280. The molecule has 2 fully saturated rings. The van der Waals surface area contributed by atoms with Crippen LogP contribution in [0.3, 0.4) is 0 Å². The van der Waals surface area contributed by atoms with E-state index in [9.17, 15) is 4.79 Å². The SMILES string of the molecule is COC(=O)C1(Cl)OC12CCCCC2C. The molecule has 3 atom stereocenters. The highest BCUT2D eigenvalue weighted by atomic mass is 35.5. The number of epoxide rings is 1. The highest BCUT2D eigenvalue weighted by molar-refractivity contribution is 6.36. The van der Waals surface area contributed by atoms with E-state index in [1.165, 1.54) is 13.5 Å². The minimum absolute atomic E-state index is 0.341. The number of carbonyl (C=O) groups is 1. The third kappa shape index (κ3) is 1.12. The summed E-state index contributed by atoms with van der Waals surface area (Å²) in [5, 5.41) is -1.19. The first-order valence-electron chi connectivity index (χ1n) is 5.04. The van der Waals surface area contributed by atoms with Crippen LogP contribution in [-0.4, -0.2) is 23.7 Å². The molecule has 0 aromatic heterocycles. The van der Waals surface area contributed by atoms with Crippen molar-refractivity contribution in [3.63, 3.8) is 0 Å². The summed E-state index contributed by atoms with van der Waals surface area (Å²) in [6.07, 6.45) is 4.22. The van der Waals surface area contributed by atoms with Crippen molar-refractivity contribution in [1.82, 2.24) is 0 Å². The van der Waals surface area contributed by atoms with Gasteiger partial charge in [-0.2, -0.15) is 0 Å². The van der Waals surface area contributed by atoms with E-state index < -0.39 is 16.6 Å². The molecule has 4 heteroatoms. The summed E-state index contributed by atoms with van der Waals surface area (Å²) in [5.74, 6) is -0.110.